The third kappa shape index (κ3) is 4.69. The normalized spacial score (nSPS) is 12.2. The Labute approximate surface area is 148 Å². The molecule has 1 N–H and O–H groups in total. The quantitative estimate of drug-likeness (QED) is 0.616. The molecule has 0 aliphatic heterocycles. The highest BCUT2D eigenvalue weighted by Gasteiger charge is 2.13. The summed E-state index contributed by atoms with van der Waals surface area (Å²) in [6, 6.07) is 15.1. The molecule has 2 rings (SSSR count). The van der Waals surface area contributed by atoms with Crippen molar-refractivity contribution in [3.63, 3.8) is 0 Å². The molecule has 0 amide bonds. The van der Waals surface area contributed by atoms with Gasteiger partial charge in [0.25, 0.3) is 0 Å². The largest absolute Gasteiger partial charge is 0.497 e. The lowest BCUT2D eigenvalue weighted by molar-refractivity contribution is 0.414. The zero-order valence-corrected chi connectivity index (χ0v) is 15.9. The second-order valence-electron chi connectivity index (χ2n) is 4.89. The van der Waals surface area contributed by atoms with Gasteiger partial charge in [0, 0.05) is 14.1 Å². The molecular weight excluding hydrogens is 441 g/mol. The summed E-state index contributed by atoms with van der Waals surface area (Å²) in [6.45, 7) is 0. The van der Waals surface area contributed by atoms with Gasteiger partial charge in [0.2, 0.25) is 0 Å². The fourth-order valence-electron chi connectivity index (χ4n) is 2.34. The van der Waals surface area contributed by atoms with E-state index >= 15 is 0 Å². The number of aryl methyl sites for hydroxylation is 1. The molecule has 21 heavy (non-hydrogen) atoms. The molecule has 0 aromatic heterocycles. The molecule has 0 bridgehead atoms. The summed E-state index contributed by atoms with van der Waals surface area (Å²) < 4.78 is 7.62. The van der Waals surface area contributed by atoms with Crippen molar-refractivity contribution >= 4 is 38.5 Å². The number of methoxy groups -OCH3 is 1. The number of hydrogen-bond acceptors (Lipinski definition) is 2. The van der Waals surface area contributed by atoms with E-state index < -0.39 is 0 Å². The van der Waals surface area contributed by atoms with Crippen molar-refractivity contribution in [3.8, 4) is 5.75 Å². The van der Waals surface area contributed by atoms with E-state index in [1.54, 1.807) is 7.11 Å². The summed E-state index contributed by atoms with van der Waals surface area (Å²) in [5.41, 5.74) is 2.65. The van der Waals surface area contributed by atoms with Crippen molar-refractivity contribution in [1.82, 2.24) is 5.32 Å². The molecule has 0 fully saturated rings. The molecule has 112 valence electrons. The van der Waals surface area contributed by atoms with Crippen LogP contribution in [0.4, 0.5) is 0 Å². The van der Waals surface area contributed by atoms with Gasteiger partial charge in [-0.2, -0.15) is 0 Å². The molecule has 0 spiro atoms. The minimum absolute atomic E-state index is 0.344. The number of halogens is 2. The van der Waals surface area contributed by atoms with Crippen molar-refractivity contribution in [2.45, 2.75) is 18.9 Å². The Bertz CT molecular complexity index is 586. The molecule has 2 aromatic carbocycles. The summed E-state index contributed by atoms with van der Waals surface area (Å²) in [5.74, 6) is 0.907. The van der Waals surface area contributed by atoms with E-state index in [4.69, 9.17) is 4.74 Å². The third-order valence-corrected chi connectivity index (χ3v) is 4.96. The van der Waals surface area contributed by atoms with E-state index in [1.165, 1.54) is 14.7 Å². The van der Waals surface area contributed by atoms with Gasteiger partial charge in [0.1, 0.15) is 5.75 Å². The first-order valence-corrected chi connectivity index (χ1v) is 8.76. The fraction of sp³-hybridized carbons (Fsp3) is 0.294. The van der Waals surface area contributed by atoms with Crippen LogP contribution in [0.25, 0.3) is 0 Å². The van der Waals surface area contributed by atoms with Crippen LogP contribution in [0, 0.1) is 3.57 Å². The van der Waals surface area contributed by atoms with Crippen molar-refractivity contribution in [2.24, 2.45) is 0 Å². The maximum Gasteiger partial charge on any atom is 0.118 e. The second kappa shape index (κ2) is 8.15. The first-order valence-electron chi connectivity index (χ1n) is 6.89. The minimum Gasteiger partial charge on any atom is -0.497 e. The summed E-state index contributed by atoms with van der Waals surface area (Å²) in [5, 5.41) is 3.42. The Morgan fingerprint density at radius 2 is 1.90 bits per heavy atom. The van der Waals surface area contributed by atoms with Crippen molar-refractivity contribution < 1.29 is 4.74 Å². The molecule has 0 saturated heterocycles. The van der Waals surface area contributed by atoms with E-state index in [0.29, 0.717) is 6.04 Å². The number of ether oxygens (including phenoxy) is 1. The molecule has 2 nitrogen and oxygen atoms in total. The average molecular weight is 460 g/mol. The van der Waals surface area contributed by atoms with Crippen LogP contribution in [0.1, 0.15) is 23.6 Å². The maximum absolute atomic E-state index is 5.19. The topological polar surface area (TPSA) is 21.3 Å². The van der Waals surface area contributed by atoms with Gasteiger partial charge in [-0.1, -0.05) is 28.1 Å². The summed E-state index contributed by atoms with van der Waals surface area (Å²) in [7, 11) is 3.71. The Hall–Kier alpha value is -0.590. The fourth-order valence-corrected chi connectivity index (χ4v) is 3.38. The molecule has 0 radical (unpaired) electrons. The molecular formula is C17H19BrINO. The number of hydrogen-bond donors (Lipinski definition) is 1. The number of nitrogens with one attached hydrogen (secondary N) is 1. The molecule has 0 heterocycles. The van der Waals surface area contributed by atoms with Crippen LogP contribution in [0.5, 0.6) is 5.75 Å². The number of benzene rings is 2. The van der Waals surface area contributed by atoms with Crippen LogP contribution in [-0.4, -0.2) is 14.2 Å². The zero-order chi connectivity index (χ0) is 15.2. The van der Waals surface area contributed by atoms with Gasteiger partial charge in [-0.25, -0.2) is 0 Å². The van der Waals surface area contributed by atoms with Crippen molar-refractivity contribution in [2.75, 3.05) is 14.2 Å². The predicted molar refractivity (Wildman–Crippen MR) is 100.0 cm³/mol. The molecule has 0 aliphatic rings. The highest BCUT2D eigenvalue weighted by atomic mass is 127. The molecule has 1 unspecified atom stereocenters. The van der Waals surface area contributed by atoms with Crippen LogP contribution in [-0.2, 0) is 6.42 Å². The van der Waals surface area contributed by atoms with E-state index in [2.05, 4.69) is 74.2 Å². The molecule has 1 atom stereocenters. The van der Waals surface area contributed by atoms with Gasteiger partial charge < -0.3 is 10.1 Å². The zero-order valence-electron chi connectivity index (χ0n) is 12.2. The van der Waals surface area contributed by atoms with Crippen molar-refractivity contribution in [3.05, 3.63) is 61.6 Å². The second-order valence-corrected chi connectivity index (χ2v) is 6.99. The van der Waals surface area contributed by atoms with E-state index in [9.17, 15) is 0 Å². The van der Waals surface area contributed by atoms with Gasteiger partial charge in [-0.3, -0.25) is 0 Å². The monoisotopic (exact) mass is 459 g/mol. The van der Waals surface area contributed by atoms with Gasteiger partial charge >= 0.3 is 0 Å². The number of rotatable bonds is 6. The Morgan fingerprint density at radius 1 is 1.19 bits per heavy atom. The Kier molecular flexibility index (Phi) is 6.51. The third-order valence-electron chi connectivity index (χ3n) is 3.56. The maximum atomic E-state index is 5.19. The molecule has 4 heteroatoms. The van der Waals surface area contributed by atoms with Crippen molar-refractivity contribution in [1.29, 1.82) is 0 Å². The highest BCUT2D eigenvalue weighted by Crippen LogP contribution is 2.28. The lowest BCUT2D eigenvalue weighted by atomic mass is 9.99. The smallest absolute Gasteiger partial charge is 0.118 e. The molecule has 0 saturated carbocycles. The minimum atomic E-state index is 0.344. The lowest BCUT2D eigenvalue weighted by Gasteiger charge is -2.18. The van der Waals surface area contributed by atoms with Crippen LogP contribution >= 0.6 is 38.5 Å². The lowest BCUT2D eigenvalue weighted by Crippen LogP contribution is -2.17. The van der Waals surface area contributed by atoms with Gasteiger partial charge in [-0.05, 0) is 83.9 Å². The first-order chi connectivity index (χ1) is 10.1. The van der Waals surface area contributed by atoms with Gasteiger partial charge in [-0.15, -0.1) is 0 Å². The van der Waals surface area contributed by atoms with E-state index in [-0.39, 0.29) is 0 Å². The predicted octanol–water partition coefficient (Wildman–Crippen LogP) is 4.96. The summed E-state index contributed by atoms with van der Waals surface area (Å²) >= 11 is 6.01. The Balaban J connectivity index is 2.06. The summed E-state index contributed by atoms with van der Waals surface area (Å²) in [4.78, 5) is 0. The van der Waals surface area contributed by atoms with Crippen LogP contribution < -0.4 is 10.1 Å². The van der Waals surface area contributed by atoms with Crippen LogP contribution in [0.15, 0.2) is 46.9 Å². The van der Waals surface area contributed by atoms with E-state index in [1.807, 2.05) is 19.2 Å². The van der Waals surface area contributed by atoms with Gasteiger partial charge in [0.15, 0.2) is 0 Å². The van der Waals surface area contributed by atoms with Crippen LogP contribution in [0.2, 0.25) is 0 Å². The SMILES string of the molecule is CNC(CCc1ccc(OC)cc1)c1cc(I)ccc1Br. The Morgan fingerprint density at radius 3 is 2.52 bits per heavy atom. The van der Waals surface area contributed by atoms with E-state index in [0.717, 1.165) is 23.1 Å². The first kappa shape index (κ1) is 16.8. The van der Waals surface area contributed by atoms with Crippen LogP contribution in [0.3, 0.4) is 0 Å². The standard InChI is InChI=1S/C17H19BrINO/c1-20-17(15-11-13(19)6-9-16(15)18)10-5-12-3-7-14(21-2)8-4-12/h3-4,6-9,11,17,20H,5,10H2,1-2H3. The molecule has 0 aliphatic carbocycles. The summed E-state index contributed by atoms with van der Waals surface area (Å²) in [6.07, 6.45) is 2.09. The molecule has 2 aromatic rings. The average Bonchev–Trinajstić information content (AvgIpc) is 2.51. The van der Waals surface area contributed by atoms with Gasteiger partial charge in [0.05, 0.1) is 7.11 Å². The highest BCUT2D eigenvalue weighted by molar-refractivity contribution is 14.1.